The van der Waals surface area contributed by atoms with Gasteiger partial charge in [0.1, 0.15) is 0 Å². The molecule has 0 aromatic carbocycles. The molecule has 3 heterocycles. The van der Waals surface area contributed by atoms with E-state index >= 15 is 0 Å². The molecule has 2 atom stereocenters. The van der Waals surface area contributed by atoms with Crippen LogP contribution in [0.4, 0.5) is 16.3 Å². The third-order valence-electron chi connectivity index (χ3n) is 3.97. The van der Waals surface area contributed by atoms with Crippen molar-refractivity contribution in [2.24, 2.45) is 0 Å². The van der Waals surface area contributed by atoms with Crippen molar-refractivity contribution in [2.45, 2.75) is 24.9 Å². The molecule has 2 aliphatic rings. The van der Waals surface area contributed by atoms with Crippen LogP contribution < -0.4 is 4.90 Å². The van der Waals surface area contributed by atoms with Gasteiger partial charge in [-0.05, 0) is 28.8 Å². The molecule has 0 spiro atoms. The van der Waals surface area contributed by atoms with Gasteiger partial charge < -0.3 is 25.0 Å². The first-order chi connectivity index (χ1) is 9.56. The second kappa shape index (κ2) is 4.62. The third kappa shape index (κ3) is 2.02. The average Bonchev–Trinajstić information content (AvgIpc) is 2.68. The molecular weight excluding hydrogens is 264 g/mol. The molecule has 2 bridgehead atoms. The highest BCUT2D eigenvalue weighted by Gasteiger charge is 2.41. The van der Waals surface area contributed by atoms with E-state index in [1.54, 1.807) is 6.07 Å². The van der Waals surface area contributed by atoms with Gasteiger partial charge in [0, 0.05) is 31.2 Å². The minimum absolute atomic E-state index is 0.133. The van der Waals surface area contributed by atoms with Crippen molar-refractivity contribution in [3.05, 3.63) is 28.4 Å². The topological polar surface area (TPSA) is 99.8 Å². The van der Waals surface area contributed by atoms with Crippen LogP contribution in [0.15, 0.2) is 18.3 Å². The molecule has 0 aliphatic carbocycles. The van der Waals surface area contributed by atoms with Crippen LogP contribution in [-0.2, 0) is 0 Å². The molecule has 8 heteroatoms. The van der Waals surface area contributed by atoms with Gasteiger partial charge in [0.25, 0.3) is 0 Å². The lowest BCUT2D eigenvalue weighted by Gasteiger charge is -2.40. The Morgan fingerprint density at radius 2 is 2.00 bits per heavy atom. The van der Waals surface area contributed by atoms with Crippen molar-refractivity contribution in [2.75, 3.05) is 18.0 Å². The number of likely N-dealkylation sites (tertiary alicyclic amines) is 1. The highest BCUT2D eigenvalue weighted by atomic mass is 16.6. The lowest BCUT2D eigenvalue weighted by atomic mass is 10.1. The van der Waals surface area contributed by atoms with Crippen molar-refractivity contribution in [1.82, 2.24) is 9.88 Å². The summed E-state index contributed by atoms with van der Waals surface area (Å²) in [5.41, 5.74) is 0.827. The maximum Gasteiger partial charge on any atom is 0.407 e. The van der Waals surface area contributed by atoms with Gasteiger partial charge in [0.05, 0.1) is 5.69 Å². The number of rotatable bonds is 2. The van der Waals surface area contributed by atoms with E-state index in [0.29, 0.717) is 13.1 Å². The van der Waals surface area contributed by atoms with E-state index in [4.69, 9.17) is 5.11 Å². The number of hydrogen-bond acceptors (Lipinski definition) is 5. The number of carbonyl (C=O) groups is 1. The minimum atomic E-state index is -0.886. The highest BCUT2D eigenvalue weighted by molar-refractivity contribution is 5.66. The minimum Gasteiger partial charge on any atom is -0.465 e. The summed E-state index contributed by atoms with van der Waals surface area (Å²) in [5.74, 6) is -0.176. The lowest BCUT2D eigenvalue weighted by molar-refractivity contribution is -0.389. The van der Waals surface area contributed by atoms with Gasteiger partial charge in [0.2, 0.25) is 0 Å². The molecule has 8 nitrogen and oxygen atoms in total. The fourth-order valence-electron chi connectivity index (χ4n) is 3.12. The summed E-state index contributed by atoms with van der Waals surface area (Å²) in [5, 5.41) is 19.7. The van der Waals surface area contributed by atoms with E-state index < -0.39 is 11.0 Å². The second-order valence-corrected chi connectivity index (χ2v) is 5.11. The summed E-state index contributed by atoms with van der Waals surface area (Å²) in [6.45, 7) is 0.950. The van der Waals surface area contributed by atoms with Crippen molar-refractivity contribution < 1.29 is 14.8 Å². The predicted octanol–water partition coefficient (Wildman–Crippen LogP) is 1.32. The zero-order valence-electron chi connectivity index (χ0n) is 10.7. The predicted molar refractivity (Wildman–Crippen MR) is 69.8 cm³/mol. The van der Waals surface area contributed by atoms with E-state index in [0.717, 1.165) is 18.5 Å². The Labute approximate surface area is 114 Å². The summed E-state index contributed by atoms with van der Waals surface area (Å²) in [6.07, 6.45) is 2.49. The van der Waals surface area contributed by atoms with E-state index in [2.05, 4.69) is 9.88 Å². The summed E-state index contributed by atoms with van der Waals surface area (Å²) < 4.78 is 0. The van der Waals surface area contributed by atoms with Crippen LogP contribution in [0.1, 0.15) is 12.8 Å². The first-order valence-corrected chi connectivity index (χ1v) is 6.43. The molecule has 2 aliphatic heterocycles. The monoisotopic (exact) mass is 278 g/mol. The maximum atomic E-state index is 11.1. The first-order valence-electron chi connectivity index (χ1n) is 6.43. The second-order valence-electron chi connectivity index (χ2n) is 5.11. The molecule has 1 amide bonds. The van der Waals surface area contributed by atoms with E-state index in [-0.39, 0.29) is 17.9 Å². The highest BCUT2D eigenvalue weighted by Crippen LogP contribution is 2.34. The van der Waals surface area contributed by atoms with E-state index in [1.807, 2.05) is 0 Å². The molecule has 2 unspecified atom stereocenters. The van der Waals surface area contributed by atoms with Crippen LogP contribution in [0.5, 0.6) is 0 Å². The number of anilines is 1. The van der Waals surface area contributed by atoms with Crippen LogP contribution >= 0.6 is 0 Å². The van der Waals surface area contributed by atoms with Gasteiger partial charge in [-0.1, -0.05) is 0 Å². The number of nitro groups is 1. The number of carboxylic acid groups (broad SMARTS) is 1. The van der Waals surface area contributed by atoms with Gasteiger partial charge >= 0.3 is 11.9 Å². The SMILES string of the molecule is O=C(O)N1CC2CCC(C1)N2c1ccc([N+](=O)[O-])nc1. The molecule has 1 aromatic heterocycles. The number of amides is 1. The number of nitrogens with zero attached hydrogens (tertiary/aromatic N) is 4. The molecule has 20 heavy (non-hydrogen) atoms. The number of hydrogen-bond donors (Lipinski definition) is 1. The van der Waals surface area contributed by atoms with Crippen LogP contribution in [0.25, 0.3) is 0 Å². The average molecular weight is 278 g/mol. The maximum absolute atomic E-state index is 11.1. The number of fused-ring (bicyclic) bond motifs is 2. The Morgan fingerprint density at radius 1 is 1.35 bits per heavy atom. The standard InChI is InChI=1S/C12H14N4O4/c17-12(18)14-6-9-1-2-10(7-14)15(9)8-3-4-11(13-5-8)16(19)20/h3-5,9-10H,1-2,6-7H2,(H,17,18). The normalized spacial score (nSPS) is 24.8. The Kier molecular flexibility index (Phi) is 2.92. The van der Waals surface area contributed by atoms with Gasteiger partial charge in [-0.25, -0.2) is 4.79 Å². The van der Waals surface area contributed by atoms with E-state index in [1.165, 1.54) is 17.2 Å². The van der Waals surface area contributed by atoms with Gasteiger partial charge in [-0.2, -0.15) is 0 Å². The molecule has 2 fully saturated rings. The number of pyridine rings is 1. The van der Waals surface area contributed by atoms with Crippen LogP contribution in [0.3, 0.4) is 0 Å². The third-order valence-corrected chi connectivity index (χ3v) is 3.97. The summed E-state index contributed by atoms with van der Waals surface area (Å²) in [7, 11) is 0. The number of piperazine rings is 1. The molecule has 0 saturated carbocycles. The Hall–Kier alpha value is -2.38. The molecule has 2 saturated heterocycles. The van der Waals surface area contributed by atoms with Crippen LogP contribution in [-0.4, -0.2) is 51.2 Å². The van der Waals surface area contributed by atoms with Crippen LogP contribution in [0.2, 0.25) is 0 Å². The molecule has 106 valence electrons. The van der Waals surface area contributed by atoms with Gasteiger partial charge in [-0.3, -0.25) is 0 Å². The summed E-state index contributed by atoms with van der Waals surface area (Å²) in [4.78, 5) is 28.6. The Morgan fingerprint density at radius 3 is 2.45 bits per heavy atom. The summed E-state index contributed by atoms with van der Waals surface area (Å²) in [6, 6.07) is 3.34. The fraction of sp³-hybridized carbons (Fsp3) is 0.500. The Bertz CT molecular complexity index is 533. The van der Waals surface area contributed by atoms with Crippen molar-refractivity contribution in [1.29, 1.82) is 0 Å². The molecular formula is C12H14N4O4. The zero-order valence-corrected chi connectivity index (χ0v) is 10.7. The zero-order chi connectivity index (χ0) is 14.3. The molecule has 1 aromatic rings. The first kappa shape index (κ1) is 12.6. The molecule has 0 radical (unpaired) electrons. The van der Waals surface area contributed by atoms with Gasteiger partial charge in [-0.15, -0.1) is 0 Å². The lowest BCUT2D eigenvalue weighted by Crippen LogP contribution is -2.55. The smallest absolute Gasteiger partial charge is 0.407 e. The van der Waals surface area contributed by atoms with Crippen LogP contribution in [0, 0.1) is 10.1 Å². The van der Waals surface area contributed by atoms with Gasteiger partial charge in [0.15, 0.2) is 6.20 Å². The molecule has 1 N–H and O–H groups in total. The van der Waals surface area contributed by atoms with Crippen molar-refractivity contribution in [3.8, 4) is 0 Å². The summed E-state index contributed by atoms with van der Waals surface area (Å²) >= 11 is 0. The quantitative estimate of drug-likeness (QED) is 0.647. The van der Waals surface area contributed by atoms with Crippen molar-refractivity contribution in [3.63, 3.8) is 0 Å². The molecule has 3 rings (SSSR count). The number of aromatic nitrogens is 1. The Balaban J connectivity index is 1.82. The fourth-order valence-corrected chi connectivity index (χ4v) is 3.12. The van der Waals surface area contributed by atoms with Crippen molar-refractivity contribution >= 4 is 17.6 Å². The largest absolute Gasteiger partial charge is 0.465 e. The van der Waals surface area contributed by atoms with E-state index in [9.17, 15) is 14.9 Å².